The molecule has 0 N–H and O–H groups in total. The van der Waals surface area contributed by atoms with E-state index in [2.05, 4.69) is 4.98 Å². The van der Waals surface area contributed by atoms with Crippen molar-refractivity contribution in [3.05, 3.63) is 16.1 Å². The lowest BCUT2D eigenvalue weighted by Crippen LogP contribution is -2.07. The molecule has 2 rings (SSSR count). The van der Waals surface area contributed by atoms with E-state index in [1.807, 2.05) is 17.1 Å². The van der Waals surface area contributed by atoms with Gasteiger partial charge in [0.15, 0.2) is 5.78 Å². The van der Waals surface area contributed by atoms with Gasteiger partial charge in [-0.05, 0) is 24.3 Å². The Morgan fingerprint density at radius 2 is 2.21 bits per heavy atom. The average Bonchev–Trinajstić information content (AvgIpc) is 2.68. The lowest BCUT2D eigenvalue weighted by atomic mass is 10.0. The molecule has 1 aromatic rings. The van der Waals surface area contributed by atoms with Gasteiger partial charge >= 0.3 is 0 Å². The van der Waals surface area contributed by atoms with E-state index >= 15 is 0 Å². The zero-order valence-electron chi connectivity index (χ0n) is 8.16. The molecule has 0 aromatic carbocycles. The summed E-state index contributed by atoms with van der Waals surface area (Å²) in [5.74, 6) is 3.16. The number of aromatic nitrogens is 1. The van der Waals surface area contributed by atoms with Gasteiger partial charge in [-0.3, -0.25) is 4.79 Å². The first kappa shape index (κ1) is 10.2. The molecule has 1 saturated heterocycles. The topological polar surface area (TPSA) is 30.0 Å². The second kappa shape index (κ2) is 4.45. The molecule has 0 spiro atoms. The van der Waals surface area contributed by atoms with Crippen molar-refractivity contribution in [1.29, 1.82) is 0 Å². The molecular weight excluding hydrogens is 214 g/mol. The summed E-state index contributed by atoms with van der Waals surface area (Å²) in [7, 11) is 0. The van der Waals surface area contributed by atoms with Crippen molar-refractivity contribution in [3.63, 3.8) is 0 Å². The minimum absolute atomic E-state index is 0.0812. The molecule has 76 valence electrons. The molecule has 0 unspecified atom stereocenters. The van der Waals surface area contributed by atoms with Crippen LogP contribution in [0.5, 0.6) is 0 Å². The van der Waals surface area contributed by atoms with E-state index in [4.69, 9.17) is 0 Å². The zero-order chi connectivity index (χ0) is 9.97. The Balaban J connectivity index is 2.11. The second-order valence-electron chi connectivity index (χ2n) is 3.51. The Hall–Kier alpha value is -0.350. The Morgan fingerprint density at radius 1 is 1.50 bits per heavy atom. The number of thiazole rings is 1. The maximum atomic E-state index is 11.1. The minimum atomic E-state index is 0.0812. The van der Waals surface area contributed by atoms with Crippen molar-refractivity contribution in [3.8, 4) is 0 Å². The van der Waals surface area contributed by atoms with Gasteiger partial charge in [0.05, 0.1) is 5.01 Å². The van der Waals surface area contributed by atoms with Gasteiger partial charge in [0.1, 0.15) is 5.69 Å². The van der Waals surface area contributed by atoms with Crippen LogP contribution in [0.25, 0.3) is 0 Å². The molecule has 0 atom stereocenters. The van der Waals surface area contributed by atoms with Crippen LogP contribution in [0.1, 0.15) is 41.2 Å². The third-order valence-electron chi connectivity index (χ3n) is 2.45. The molecule has 14 heavy (non-hydrogen) atoms. The molecule has 1 aliphatic heterocycles. The summed E-state index contributed by atoms with van der Waals surface area (Å²) >= 11 is 3.66. The van der Waals surface area contributed by atoms with Crippen molar-refractivity contribution in [2.45, 2.75) is 25.7 Å². The van der Waals surface area contributed by atoms with Gasteiger partial charge < -0.3 is 0 Å². The van der Waals surface area contributed by atoms with E-state index < -0.39 is 0 Å². The largest absolute Gasteiger partial charge is 0.293 e. The van der Waals surface area contributed by atoms with Crippen molar-refractivity contribution >= 4 is 28.9 Å². The van der Waals surface area contributed by atoms with Crippen LogP contribution < -0.4 is 0 Å². The van der Waals surface area contributed by atoms with E-state index in [1.165, 1.54) is 24.3 Å². The highest BCUT2D eigenvalue weighted by molar-refractivity contribution is 7.99. The SMILES string of the molecule is CC(=O)c1csc(C2CCSCC2)n1. The molecule has 1 aromatic heterocycles. The van der Waals surface area contributed by atoms with Gasteiger partial charge in [0, 0.05) is 18.2 Å². The number of hydrogen-bond donors (Lipinski definition) is 0. The van der Waals surface area contributed by atoms with Crippen LogP contribution in [0.15, 0.2) is 5.38 Å². The summed E-state index contributed by atoms with van der Waals surface area (Å²) < 4.78 is 0. The number of carbonyl (C=O) groups is 1. The number of thioether (sulfide) groups is 1. The summed E-state index contributed by atoms with van der Waals surface area (Å²) in [6, 6.07) is 0. The Kier molecular flexibility index (Phi) is 3.23. The molecule has 1 aliphatic rings. The molecule has 1 fully saturated rings. The van der Waals surface area contributed by atoms with Gasteiger partial charge in [-0.25, -0.2) is 4.98 Å². The molecule has 0 saturated carbocycles. The number of ketones is 1. The van der Waals surface area contributed by atoms with Crippen molar-refractivity contribution < 1.29 is 4.79 Å². The predicted molar refractivity (Wildman–Crippen MR) is 61.4 cm³/mol. The first-order chi connectivity index (χ1) is 6.77. The van der Waals surface area contributed by atoms with Crippen LogP contribution in [-0.2, 0) is 0 Å². The Bertz CT molecular complexity index is 329. The summed E-state index contributed by atoms with van der Waals surface area (Å²) in [4.78, 5) is 15.5. The van der Waals surface area contributed by atoms with Crippen LogP contribution in [0, 0.1) is 0 Å². The standard InChI is InChI=1S/C10H13NOS2/c1-7(12)9-6-14-10(11-9)8-2-4-13-5-3-8/h6,8H,2-5H2,1H3. The fourth-order valence-corrected chi connectivity index (χ4v) is 3.72. The third-order valence-corrected chi connectivity index (χ3v) is 4.51. The highest BCUT2D eigenvalue weighted by Gasteiger charge is 2.19. The first-order valence-corrected chi connectivity index (χ1v) is 6.85. The number of hydrogen-bond acceptors (Lipinski definition) is 4. The van der Waals surface area contributed by atoms with Gasteiger partial charge in [0.25, 0.3) is 0 Å². The van der Waals surface area contributed by atoms with E-state index in [-0.39, 0.29) is 5.78 Å². The number of Topliss-reactive ketones (excluding diaryl/α,β-unsaturated/α-hetero) is 1. The minimum Gasteiger partial charge on any atom is -0.293 e. The van der Waals surface area contributed by atoms with Crippen molar-refractivity contribution in [1.82, 2.24) is 4.98 Å². The number of carbonyl (C=O) groups excluding carboxylic acids is 1. The molecule has 0 aliphatic carbocycles. The lowest BCUT2D eigenvalue weighted by Gasteiger charge is -2.18. The highest BCUT2D eigenvalue weighted by atomic mass is 32.2. The summed E-state index contributed by atoms with van der Waals surface area (Å²) in [5, 5.41) is 3.05. The molecule has 0 amide bonds. The van der Waals surface area contributed by atoms with Crippen molar-refractivity contribution in [2.24, 2.45) is 0 Å². The fraction of sp³-hybridized carbons (Fsp3) is 0.600. The normalized spacial score (nSPS) is 18.4. The molecule has 4 heteroatoms. The summed E-state index contributed by atoms with van der Waals surface area (Å²) in [6.45, 7) is 1.58. The van der Waals surface area contributed by atoms with Gasteiger partial charge in [-0.1, -0.05) is 0 Å². The molecule has 0 bridgehead atoms. The quantitative estimate of drug-likeness (QED) is 0.728. The number of rotatable bonds is 2. The smallest absolute Gasteiger partial charge is 0.178 e. The highest BCUT2D eigenvalue weighted by Crippen LogP contribution is 2.33. The van der Waals surface area contributed by atoms with E-state index in [9.17, 15) is 4.79 Å². The zero-order valence-corrected chi connectivity index (χ0v) is 9.79. The van der Waals surface area contributed by atoms with Crippen molar-refractivity contribution in [2.75, 3.05) is 11.5 Å². The third kappa shape index (κ3) is 2.17. The van der Waals surface area contributed by atoms with Crippen LogP contribution in [0.4, 0.5) is 0 Å². The average molecular weight is 227 g/mol. The van der Waals surface area contributed by atoms with Gasteiger partial charge in [0.2, 0.25) is 0 Å². The first-order valence-electron chi connectivity index (χ1n) is 4.81. The van der Waals surface area contributed by atoms with Crippen LogP contribution in [-0.4, -0.2) is 22.3 Å². The van der Waals surface area contributed by atoms with E-state index in [0.717, 1.165) is 5.01 Å². The summed E-state index contributed by atoms with van der Waals surface area (Å²) in [5.41, 5.74) is 0.642. The summed E-state index contributed by atoms with van der Waals surface area (Å²) in [6.07, 6.45) is 2.44. The van der Waals surface area contributed by atoms with Crippen LogP contribution >= 0.6 is 23.1 Å². The molecule has 0 radical (unpaired) electrons. The monoisotopic (exact) mass is 227 g/mol. The van der Waals surface area contributed by atoms with E-state index in [1.54, 1.807) is 18.3 Å². The maximum Gasteiger partial charge on any atom is 0.178 e. The predicted octanol–water partition coefficient (Wildman–Crippen LogP) is 2.96. The molecule has 2 nitrogen and oxygen atoms in total. The fourth-order valence-electron chi connectivity index (χ4n) is 1.58. The van der Waals surface area contributed by atoms with Gasteiger partial charge in [-0.2, -0.15) is 11.8 Å². The molecular formula is C10H13NOS2. The Labute approximate surface area is 92.1 Å². The Morgan fingerprint density at radius 3 is 2.79 bits per heavy atom. The number of nitrogens with zero attached hydrogens (tertiary/aromatic N) is 1. The van der Waals surface area contributed by atoms with E-state index in [0.29, 0.717) is 11.6 Å². The van der Waals surface area contributed by atoms with Crippen LogP contribution in [0.3, 0.4) is 0 Å². The maximum absolute atomic E-state index is 11.1. The second-order valence-corrected chi connectivity index (χ2v) is 5.63. The van der Waals surface area contributed by atoms with Crippen LogP contribution in [0.2, 0.25) is 0 Å². The lowest BCUT2D eigenvalue weighted by molar-refractivity contribution is 0.101. The van der Waals surface area contributed by atoms with Gasteiger partial charge in [-0.15, -0.1) is 11.3 Å². The molecule has 2 heterocycles.